The van der Waals surface area contributed by atoms with E-state index in [1.54, 1.807) is 0 Å². The van der Waals surface area contributed by atoms with Gasteiger partial charge in [0.1, 0.15) is 11.6 Å². The van der Waals surface area contributed by atoms with E-state index in [-0.39, 0.29) is 6.04 Å². The number of nitrogens with two attached hydrogens (primary N) is 1. The molecule has 1 aromatic heterocycles. The molecule has 2 unspecified atom stereocenters. The summed E-state index contributed by atoms with van der Waals surface area (Å²) in [5.74, 6) is 0.308. The zero-order valence-corrected chi connectivity index (χ0v) is 9.26. The molecule has 0 spiro atoms. The van der Waals surface area contributed by atoms with E-state index in [9.17, 15) is 5.11 Å². The van der Waals surface area contributed by atoms with Crippen LogP contribution in [0.25, 0.3) is 11.1 Å². The van der Waals surface area contributed by atoms with Gasteiger partial charge in [-0.15, -0.1) is 0 Å². The average Bonchev–Trinajstić information content (AvgIpc) is 2.71. The highest BCUT2D eigenvalue weighted by Crippen LogP contribution is 2.22. The third-order valence-electron chi connectivity index (χ3n) is 2.59. The van der Waals surface area contributed by atoms with Gasteiger partial charge in [-0.05, 0) is 18.6 Å². The summed E-state index contributed by atoms with van der Waals surface area (Å²) < 4.78 is 5.46. The van der Waals surface area contributed by atoms with Crippen molar-refractivity contribution in [3.63, 3.8) is 0 Å². The zero-order valence-electron chi connectivity index (χ0n) is 9.26. The third-order valence-corrected chi connectivity index (χ3v) is 2.59. The van der Waals surface area contributed by atoms with E-state index in [1.165, 1.54) is 0 Å². The summed E-state index contributed by atoms with van der Waals surface area (Å²) >= 11 is 0. The zero-order chi connectivity index (χ0) is 11.5. The minimum absolute atomic E-state index is 0.308. The SMILES string of the molecule is CCCC(N)C(O)c1nc2ccccc2o1. The number of aliphatic hydroxyl groups excluding tert-OH is 1. The fraction of sp³-hybridized carbons (Fsp3) is 0.417. The van der Waals surface area contributed by atoms with Crippen LogP contribution in [0.15, 0.2) is 28.7 Å². The van der Waals surface area contributed by atoms with Gasteiger partial charge in [0.15, 0.2) is 5.58 Å². The van der Waals surface area contributed by atoms with E-state index in [0.717, 1.165) is 18.4 Å². The third kappa shape index (κ3) is 2.08. The first-order chi connectivity index (χ1) is 7.72. The molecule has 4 nitrogen and oxygen atoms in total. The van der Waals surface area contributed by atoms with Gasteiger partial charge in [-0.1, -0.05) is 25.5 Å². The molecule has 2 rings (SSSR count). The molecule has 1 heterocycles. The van der Waals surface area contributed by atoms with E-state index >= 15 is 0 Å². The van der Waals surface area contributed by atoms with E-state index in [2.05, 4.69) is 4.98 Å². The highest BCUT2D eigenvalue weighted by molar-refractivity contribution is 5.72. The maximum Gasteiger partial charge on any atom is 0.225 e. The van der Waals surface area contributed by atoms with Crippen LogP contribution in [0.5, 0.6) is 0 Å². The van der Waals surface area contributed by atoms with Crippen molar-refractivity contribution in [1.82, 2.24) is 4.98 Å². The molecule has 2 aromatic rings. The number of fused-ring (bicyclic) bond motifs is 1. The number of para-hydroxylation sites is 2. The van der Waals surface area contributed by atoms with Crippen molar-refractivity contribution in [2.45, 2.75) is 31.9 Å². The van der Waals surface area contributed by atoms with Gasteiger partial charge in [0, 0.05) is 6.04 Å². The van der Waals surface area contributed by atoms with Gasteiger partial charge < -0.3 is 15.3 Å². The molecule has 0 aliphatic rings. The van der Waals surface area contributed by atoms with Gasteiger partial charge >= 0.3 is 0 Å². The molecule has 2 atom stereocenters. The molecule has 0 aliphatic carbocycles. The highest BCUT2D eigenvalue weighted by atomic mass is 16.4. The summed E-state index contributed by atoms with van der Waals surface area (Å²) in [7, 11) is 0. The Labute approximate surface area is 94.1 Å². The summed E-state index contributed by atoms with van der Waals surface area (Å²) in [4.78, 5) is 4.22. The molecule has 3 N–H and O–H groups in total. The lowest BCUT2D eigenvalue weighted by molar-refractivity contribution is 0.113. The largest absolute Gasteiger partial charge is 0.438 e. The van der Waals surface area contributed by atoms with Crippen molar-refractivity contribution in [2.75, 3.05) is 0 Å². The minimum Gasteiger partial charge on any atom is -0.438 e. The molecule has 86 valence electrons. The Hall–Kier alpha value is -1.39. The molecule has 4 heteroatoms. The Morgan fingerprint density at radius 3 is 2.88 bits per heavy atom. The van der Waals surface area contributed by atoms with Crippen LogP contribution in [0, 0.1) is 0 Å². The van der Waals surface area contributed by atoms with Crippen LogP contribution < -0.4 is 5.73 Å². The van der Waals surface area contributed by atoms with Crippen molar-refractivity contribution in [3.05, 3.63) is 30.2 Å². The lowest BCUT2D eigenvalue weighted by atomic mass is 10.1. The van der Waals surface area contributed by atoms with Crippen LogP contribution in [0.2, 0.25) is 0 Å². The Bertz CT molecular complexity index is 434. The second-order valence-electron chi connectivity index (χ2n) is 3.92. The standard InChI is InChI=1S/C12H16N2O2/c1-2-5-8(13)11(15)12-14-9-6-3-4-7-10(9)16-12/h3-4,6-8,11,15H,2,5,13H2,1H3. The molecule has 0 fully saturated rings. The normalized spacial score (nSPS) is 15.2. The molecular formula is C12H16N2O2. The number of hydrogen-bond acceptors (Lipinski definition) is 4. The fourth-order valence-corrected chi connectivity index (χ4v) is 1.69. The molecule has 0 radical (unpaired) electrons. The van der Waals surface area contributed by atoms with Gasteiger partial charge in [-0.3, -0.25) is 0 Å². The first-order valence-corrected chi connectivity index (χ1v) is 5.51. The van der Waals surface area contributed by atoms with Crippen molar-refractivity contribution in [1.29, 1.82) is 0 Å². The molecule has 0 aliphatic heterocycles. The summed E-state index contributed by atoms with van der Waals surface area (Å²) in [6.45, 7) is 2.03. The summed E-state index contributed by atoms with van der Waals surface area (Å²) in [6, 6.07) is 7.10. The van der Waals surface area contributed by atoms with Crippen molar-refractivity contribution < 1.29 is 9.52 Å². The number of nitrogens with zero attached hydrogens (tertiary/aromatic N) is 1. The fourth-order valence-electron chi connectivity index (χ4n) is 1.69. The molecule has 1 aromatic carbocycles. The first-order valence-electron chi connectivity index (χ1n) is 5.51. The van der Waals surface area contributed by atoms with Crippen molar-refractivity contribution in [2.24, 2.45) is 5.73 Å². The predicted molar refractivity (Wildman–Crippen MR) is 61.9 cm³/mol. The van der Waals surface area contributed by atoms with Gasteiger partial charge in [-0.25, -0.2) is 4.98 Å². The topological polar surface area (TPSA) is 72.3 Å². The average molecular weight is 220 g/mol. The molecule has 0 saturated heterocycles. The number of rotatable bonds is 4. The number of hydrogen-bond donors (Lipinski definition) is 2. The molecular weight excluding hydrogens is 204 g/mol. The van der Waals surface area contributed by atoms with Crippen molar-refractivity contribution >= 4 is 11.1 Å². The Balaban J connectivity index is 2.26. The maximum absolute atomic E-state index is 9.94. The van der Waals surface area contributed by atoms with Gasteiger partial charge in [0.2, 0.25) is 5.89 Å². The van der Waals surface area contributed by atoms with Crippen LogP contribution in [0.3, 0.4) is 0 Å². The molecule has 0 bridgehead atoms. The van der Waals surface area contributed by atoms with Crippen LogP contribution in [0.4, 0.5) is 0 Å². The van der Waals surface area contributed by atoms with Gasteiger partial charge in [-0.2, -0.15) is 0 Å². The number of oxazole rings is 1. The van der Waals surface area contributed by atoms with E-state index in [4.69, 9.17) is 10.2 Å². The summed E-state index contributed by atoms with van der Waals surface area (Å²) in [5.41, 5.74) is 7.26. The highest BCUT2D eigenvalue weighted by Gasteiger charge is 2.21. The van der Waals surface area contributed by atoms with Crippen LogP contribution >= 0.6 is 0 Å². The second-order valence-corrected chi connectivity index (χ2v) is 3.92. The summed E-state index contributed by atoms with van der Waals surface area (Å²) in [6.07, 6.45) is 0.852. The first kappa shape index (κ1) is 11.1. The van der Waals surface area contributed by atoms with E-state index in [1.807, 2.05) is 31.2 Å². The quantitative estimate of drug-likeness (QED) is 0.826. The minimum atomic E-state index is -0.827. The number of benzene rings is 1. The monoisotopic (exact) mass is 220 g/mol. The van der Waals surface area contributed by atoms with E-state index < -0.39 is 6.10 Å². The van der Waals surface area contributed by atoms with Crippen LogP contribution in [0.1, 0.15) is 31.8 Å². The number of aromatic nitrogens is 1. The van der Waals surface area contributed by atoms with Gasteiger partial charge in [0.05, 0.1) is 0 Å². The lowest BCUT2D eigenvalue weighted by Gasteiger charge is -2.14. The van der Waals surface area contributed by atoms with Crippen molar-refractivity contribution in [3.8, 4) is 0 Å². The molecule has 0 amide bonds. The Morgan fingerprint density at radius 2 is 2.19 bits per heavy atom. The Morgan fingerprint density at radius 1 is 1.44 bits per heavy atom. The lowest BCUT2D eigenvalue weighted by Crippen LogP contribution is -2.28. The van der Waals surface area contributed by atoms with Gasteiger partial charge in [0.25, 0.3) is 0 Å². The van der Waals surface area contributed by atoms with Crippen LogP contribution in [-0.2, 0) is 0 Å². The van der Waals surface area contributed by atoms with E-state index in [0.29, 0.717) is 11.5 Å². The summed E-state index contributed by atoms with van der Waals surface area (Å²) in [5, 5.41) is 9.94. The smallest absolute Gasteiger partial charge is 0.225 e. The maximum atomic E-state index is 9.94. The molecule has 16 heavy (non-hydrogen) atoms. The van der Waals surface area contributed by atoms with Crippen LogP contribution in [-0.4, -0.2) is 16.1 Å². The Kier molecular flexibility index (Phi) is 3.22. The second kappa shape index (κ2) is 4.63. The number of aliphatic hydroxyl groups is 1. The molecule has 0 saturated carbocycles. The predicted octanol–water partition coefficient (Wildman–Crippen LogP) is 1.99.